The van der Waals surface area contributed by atoms with Gasteiger partial charge < -0.3 is 19.5 Å². The van der Waals surface area contributed by atoms with Crippen molar-refractivity contribution in [2.24, 2.45) is 0 Å². The second kappa shape index (κ2) is 9.74. The van der Waals surface area contributed by atoms with Gasteiger partial charge in [0.25, 0.3) is 0 Å². The highest BCUT2D eigenvalue weighted by molar-refractivity contribution is 7.80. The number of aromatic nitrogens is 2. The Morgan fingerprint density at radius 2 is 1.75 bits per heavy atom. The summed E-state index contributed by atoms with van der Waals surface area (Å²) in [5.74, 6) is 0.552. The van der Waals surface area contributed by atoms with Crippen LogP contribution in [0.1, 0.15) is 48.6 Å². The molecule has 0 amide bonds. The first-order valence-corrected chi connectivity index (χ1v) is 12.5. The predicted octanol–water partition coefficient (Wildman–Crippen LogP) is 6.59. The summed E-state index contributed by atoms with van der Waals surface area (Å²) in [6, 6.07) is 22.5. The molecule has 1 aliphatic heterocycles. The summed E-state index contributed by atoms with van der Waals surface area (Å²) in [7, 11) is 0. The van der Waals surface area contributed by atoms with Gasteiger partial charge in [-0.05, 0) is 106 Å². The van der Waals surface area contributed by atoms with Gasteiger partial charge in [0.15, 0.2) is 5.11 Å². The van der Waals surface area contributed by atoms with Gasteiger partial charge in [-0.15, -0.1) is 0 Å². The third-order valence-electron chi connectivity index (χ3n) is 6.44. The van der Waals surface area contributed by atoms with Crippen molar-refractivity contribution in [2.75, 3.05) is 4.90 Å². The SMILES string of the molecule is Cc1cc([C@@H]2[C@H](c3ccccn3)NC(=S)N2c2ccc(OC(C)C)cc2)c(C)n1-c1cccc(F)c1. The van der Waals surface area contributed by atoms with Crippen LogP contribution < -0.4 is 15.0 Å². The van der Waals surface area contributed by atoms with E-state index in [1.54, 1.807) is 18.3 Å². The number of hydrogen-bond donors (Lipinski definition) is 1. The van der Waals surface area contributed by atoms with E-state index in [9.17, 15) is 4.39 Å². The molecule has 5 rings (SSSR count). The molecule has 184 valence electrons. The number of thiocarbonyl (C=S) groups is 1. The third-order valence-corrected chi connectivity index (χ3v) is 6.75. The zero-order chi connectivity index (χ0) is 25.4. The number of nitrogens with one attached hydrogen (secondary N) is 1. The van der Waals surface area contributed by atoms with Crippen molar-refractivity contribution in [3.8, 4) is 11.4 Å². The van der Waals surface area contributed by atoms with Crippen LogP contribution in [-0.2, 0) is 0 Å². The van der Waals surface area contributed by atoms with Crippen LogP contribution in [0.3, 0.4) is 0 Å². The summed E-state index contributed by atoms with van der Waals surface area (Å²) in [5, 5.41) is 4.14. The molecule has 2 aromatic carbocycles. The van der Waals surface area contributed by atoms with E-state index < -0.39 is 0 Å². The van der Waals surface area contributed by atoms with Gasteiger partial charge in [0, 0.05) is 29.0 Å². The molecule has 1 aliphatic rings. The Labute approximate surface area is 216 Å². The van der Waals surface area contributed by atoms with Crippen LogP contribution in [0.2, 0.25) is 0 Å². The number of hydrogen-bond acceptors (Lipinski definition) is 3. The van der Waals surface area contributed by atoms with Gasteiger partial charge in [-0.1, -0.05) is 12.1 Å². The molecular formula is C29H29FN4OS. The molecule has 0 radical (unpaired) electrons. The number of benzene rings is 2. The molecule has 5 nitrogen and oxygen atoms in total. The van der Waals surface area contributed by atoms with Gasteiger partial charge in [0.1, 0.15) is 11.6 Å². The average Bonchev–Trinajstić information content (AvgIpc) is 3.35. The van der Waals surface area contributed by atoms with Crippen LogP contribution in [0.25, 0.3) is 5.69 Å². The van der Waals surface area contributed by atoms with Crippen molar-refractivity contribution < 1.29 is 9.13 Å². The molecule has 0 unspecified atom stereocenters. The lowest BCUT2D eigenvalue weighted by molar-refractivity contribution is 0.242. The first kappa shape index (κ1) is 24.0. The van der Waals surface area contributed by atoms with Gasteiger partial charge in [0.2, 0.25) is 0 Å². The lowest BCUT2D eigenvalue weighted by atomic mass is 9.96. The molecule has 2 atom stereocenters. The van der Waals surface area contributed by atoms with Crippen LogP contribution in [0.4, 0.5) is 10.1 Å². The molecular weight excluding hydrogens is 471 g/mol. The molecule has 1 fully saturated rings. The fraction of sp³-hybridized carbons (Fsp3) is 0.241. The van der Waals surface area contributed by atoms with Gasteiger partial charge in [-0.2, -0.15) is 0 Å². The predicted molar refractivity (Wildman–Crippen MR) is 145 cm³/mol. The van der Waals surface area contributed by atoms with Crippen molar-refractivity contribution in [3.05, 3.63) is 107 Å². The number of ether oxygens (including phenoxy) is 1. The smallest absolute Gasteiger partial charge is 0.174 e. The van der Waals surface area contributed by atoms with Gasteiger partial charge in [-0.25, -0.2) is 4.39 Å². The van der Waals surface area contributed by atoms with Crippen LogP contribution in [0, 0.1) is 19.7 Å². The standard InChI is InChI=1S/C29H29FN4OS/c1-18(2)35-24-13-11-22(12-14-24)34-28(27(32-29(34)36)26-10-5-6-15-31-26)25-16-19(3)33(20(25)4)23-9-7-8-21(30)17-23/h5-18,27-28H,1-4H3,(H,32,36)/t27-,28+/m0/s1. The summed E-state index contributed by atoms with van der Waals surface area (Å²) >= 11 is 5.87. The van der Waals surface area contributed by atoms with Crippen molar-refractivity contribution in [1.29, 1.82) is 0 Å². The molecule has 1 saturated heterocycles. The summed E-state index contributed by atoms with van der Waals surface area (Å²) < 4.78 is 22.0. The summed E-state index contributed by atoms with van der Waals surface area (Å²) in [5.41, 5.74) is 5.81. The fourth-order valence-electron chi connectivity index (χ4n) is 5.01. The number of anilines is 1. The van der Waals surface area contributed by atoms with E-state index >= 15 is 0 Å². The average molecular weight is 501 g/mol. The molecule has 2 aromatic heterocycles. The maximum absolute atomic E-state index is 14.1. The van der Waals surface area contributed by atoms with Crippen LogP contribution >= 0.6 is 12.2 Å². The molecule has 4 aromatic rings. The van der Waals surface area contributed by atoms with Crippen molar-refractivity contribution in [3.63, 3.8) is 0 Å². The molecule has 0 aliphatic carbocycles. The minimum atomic E-state index is -0.262. The van der Waals surface area contributed by atoms with Gasteiger partial charge in [0.05, 0.1) is 23.9 Å². The van der Waals surface area contributed by atoms with E-state index in [2.05, 4.69) is 32.8 Å². The normalized spacial score (nSPS) is 17.5. The first-order valence-electron chi connectivity index (χ1n) is 12.1. The van der Waals surface area contributed by atoms with Crippen molar-refractivity contribution >= 4 is 23.0 Å². The zero-order valence-corrected chi connectivity index (χ0v) is 21.6. The Balaban J connectivity index is 1.63. The molecule has 7 heteroatoms. The highest BCUT2D eigenvalue weighted by Gasteiger charge is 2.42. The number of pyridine rings is 1. The van der Waals surface area contributed by atoms with E-state index in [0.717, 1.165) is 39.8 Å². The summed E-state index contributed by atoms with van der Waals surface area (Å²) in [6.07, 6.45) is 1.90. The largest absolute Gasteiger partial charge is 0.491 e. The van der Waals surface area contributed by atoms with Crippen molar-refractivity contribution in [2.45, 2.75) is 45.9 Å². The maximum atomic E-state index is 14.1. The van der Waals surface area contributed by atoms with E-state index in [1.807, 2.05) is 69.3 Å². The zero-order valence-electron chi connectivity index (χ0n) is 20.8. The second-order valence-electron chi connectivity index (χ2n) is 9.30. The Hall–Kier alpha value is -3.71. The summed E-state index contributed by atoms with van der Waals surface area (Å²) in [4.78, 5) is 6.79. The van der Waals surface area contributed by atoms with E-state index in [-0.39, 0.29) is 24.0 Å². The van der Waals surface area contributed by atoms with Crippen molar-refractivity contribution in [1.82, 2.24) is 14.9 Å². The number of rotatable bonds is 6. The molecule has 36 heavy (non-hydrogen) atoms. The van der Waals surface area contributed by atoms with E-state index in [1.165, 1.54) is 6.07 Å². The quantitative estimate of drug-likeness (QED) is 0.303. The van der Waals surface area contributed by atoms with Crippen LogP contribution in [-0.4, -0.2) is 20.8 Å². The second-order valence-corrected chi connectivity index (χ2v) is 9.69. The Morgan fingerprint density at radius 3 is 2.42 bits per heavy atom. The molecule has 0 saturated carbocycles. The number of aryl methyl sites for hydroxylation is 1. The topological polar surface area (TPSA) is 42.3 Å². The minimum Gasteiger partial charge on any atom is -0.491 e. The third kappa shape index (κ3) is 4.46. The molecule has 0 bridgehead atoms. The maximum Gasteiger partial charge on any atom is 0.174 e. The van der Waals surface area contributed by atoms with Gasteiger partial charge >= 0.3 is 0 Å². The Bertz CT molecular complexity index is 1380. The summed E-state index contributed by atoms with van der Waals surface area (Å²) in [6.45, 7) is 8.13. The molecule has 1 N–H and O–H groups in total. The number of halogens is 1. The highest BCUT2D eigenvalue weighted by Crippen LogP contribution is 2.44. The first-order chi connectivity index (χ1) is 17.3. The van der Waals surface area contributed by atoms with Crippen LogP contribution in [0.15, 0.2) is 79.0 Å². The monoisotopic (exact) mass is 500 g/mol. The Kier molecular flexibility index (Phi) is 6.49. The fourth-order valence-corrected chi connectivity index (χ4v) is 5.35. The van der Waals surface area contributed by atoms with E-state index in [0.29, 0.717) is 5.11 Å². The highest BCUT2D eigenvalue weighted by atomic mass is 32.1. The van der Waals surface area contributed by atoms with Crippen LogP contribution in [0.5, 0.6) is 5.75 Å². The van der Waals surface area contributed by atoms with E-state index in [4.69, 9.17) is 17.0 Å². The minimum absolute atomic E-state index is 0.0971. The Morgan fingerprint density at radius 1 is 0.972 bits per heavy atom. The lowest BCUT2D eigenvalue weighted by Crippen LogP contribution is -2.29. The van der Waals surface area contributed by atoms with Gasteiger partial charge in [-0.3, -0.25) is 4.98 Å². The number of nitrogens with zero attached hydrogens (tertiary/aromatic N) is 3. The lowest BCUT2D eigenvalue weighted by Gasteiger charge is -2.28. The molecule has 3 heterocycles. The molecule has 0 spiro atoms.